The Morgan fingerprint density at radius 3 is 2.71 bits per heavy atom. The van der Waals surface area contributed by atoms with Crippen LogP contribution in [0.1, 0.15) is 24.8 Å². The number of nitrogens with zero attached hydrogens (tertiary/aromatic N) is 2. The average molecular weight is 302 g/mol. The average Bonchev–Trinajstić information content (AvgIpc) is 2.55. The minimum absolute atomic E-state index is 0.757. The molecule has 3 nitrogen and oxygen atoms in total. The van der Waals surface area contributed by atoms with Crippen molar-refractivity contribution in [2.45, 2.75) is 25.8 Å². The van der Waals surface area contributed by atoms with Gasteiger partial charge < -0.3 is 10.2 Å². The molecule has 4 heteroatoms. The monoisotopic (exact) mass is 301 g/mol. The highest BCUT2D eigenvalue weighted by molar-refractivity contribution is 6.33. The molecule has 2 aromatic rings. The first kappa shape index (κ1) is 14.2. The summed E-state index contributed by atoms with van der Waals surface area (Å²) in [5, 5.41) is 4.22. The van der Waals surface area contributed by atoms with Gasteiger partial charge in [0.2, 0.25) is 0 Å². The van der Waals surface area contributed by atoms with Crippen LogP contribution in [0.2, 0.25) is 5.02 Å². The Morgan fingerprint density at radius 1 is 1.14 bits per heavy atom. The summed E-state index contributed by atoms with van der Waals surface area (Å²) in [7, 11) is 0. The summed E-state index contributed by atoms with van der Waals surface area (Å²) >= 11 is 6.45. The lowest BCUT2D eigenvalue weighted by Gasteiger charge is -2.29. The maximum atomic E-state index is 6.45. The number of rotatable bonds is 4. The number of anilines is 2. The van der Waals surface area contributed by atoms with E-state index >= 15 is 0 Å². The SMILES string of the molecule is Clc1cc(NCc2cccnc2)ccc1N1CCCCC1. The molecule has 0 atom stereocenters. The van der Waals surface area contributed by atoms with Crippen LogP contribution in [0.3, 0.4) is 0 Å². The van der Waals surface area contributed by atoms with E-state index in [-0.39, 0.29) is 0 Å². The highest BCUT2D eigenvalue weighted by Crippen LogP contribution is 2.30. The summed E-state index contributed by atoms with van der Waals surface area (Å²) in [4.78, 5) is 6.50. The lowest BCUT2D eigenvalue weighted by atomic mass is 10.1. The highest BCUT2D eigenvalue weighted by Gasteiger charge is 2.13. The first-order valence-electron chi connectivity index (χ1n) is 7.50. The summed E-state index contributed by atoms with van der Waals surface area (Å²) in [5.74, 6) is 0. The van der Waals surface area contributed by atoms with Crippen LogP contribution in [0.4, 0.5) is 11.4 Å². The predicted octanol–water partition coefficient (Wildman–Crippen LogP) is 4.34. The highest BCUT2D eigenvalue weighted by atomic mass is 35.5. The third kappa shape index (κ3) is 3.67. The van der Waals surface area contributed by atoms with Gasteiger partial charge in [0, 0.05) is 37.7 Å². The zero-order chi connectivity index (χ0) is 14.5. The number of pyridine rings is 1. The van der Waals surface area contributed by atoms with Gasteiger partial charge in [-0.3, -0.25) is 4.98 Å². The molecule has 0 spiro atoms. The second-order valence-electron chi connectivity index (χ2n) is 5.43. The van der Waals surface area contributed by atoms with Gasteiger partial charge in [-0.15, -0.1) is 0 Å². The zero-order valence-corrected chi connectivity index (χ0v) is 12.8. The van der Waals surface area contributed by atoms with Crippen LogP contribution in [-0.4, -0.2) is 18.1 Å². The Balaban J connectivity index is 1.66. The summed E-state index contributed by atoms with van der Waals surface area (Å²) < 4.78 is 0. The molecule has 1 fully saturated rings. The zero-order valence-electron chi connectivity index (χ0n) is 12.1. The van der Waals surface area contributed by atoms with Crippen LogP contribution in [0.25, 0.3) is 0 Å². The summed E-state index contributed by atoms with van der Waals surface area (Å²) in [6.45, 7) is 2.98. The van der Waals surface area contributed by atoms with Crippen molar-refractivity contribution in [1.82, 2.24) is 4.98 Å². The van der Waals surface area contributed by atoms with E-state index in [1.807, 2.05) is 18.3 Å². The Labute approximate surface area is 131 Å². The standard InChI is InChI=1S/C17H20ClN3/c18-16-11-15(20-13-14-5-4-8-19-12-14)6-7-17(16)21-9-2-1-3-10-21/h4-8,11-12,20H,1-3,9-10,13H2. The normalized spacial score (nSPS) is 15.0. The molecule has 1 N–H and O–H groups in total. The van der Waals surface area contributed by atoms with E-state index in [1.165, 1.54) is 19.3 Å². The number of halogens is 1. The Bertz CT molecular complexity index is 580. The van der Waals surface area contributed by atoms with Gasteiger partial charge in [-0.2, -0.15) is 0 Å². The van der Waals surface area contributed by atoms with Crippen molar-refractivity contribution in [2.75, 3.05) is 23.3 Å². The molecular formula is C17H20ClN3. The maximum absolute atomic E-state index is 6.45. The minimum Gasteiger partial charge on any atom is -0.381 e. The van der Waals surface area contributed by atoms with Gasteiger partial charge in [0.05, 0.1) is 10.7 Å². The molecule has 21 heavy (non-hydrogen) atoms. The van der Waals surface area contributed by atoms with Crippen molar-refractivity contribution < 1.29 is 0 Å². The fraction of sp³-hybridized carbons (Fsp3) is 0.353. The summed E-state index contributed by atoms with van der Waals surface area (Å²) in [5.41, 5.74) is 3.36. The quantitative estimate of drug-likeness (QED) is 0.910. The molecule has 0 aliphatic carbocycles. The van der Waals surface area contributed by atoms with Gasteiger partial charge in [0.1, 0.15) is 0 Å². The van der Waals surface area contributed by atoms with Gasteiger partial charge in [0.25, 0.3) is 0 Å². The van der Waals surface area contributed by atoms with Gasteiger partial charge >= 0.3 is 0 Å². The van der Waals surface area contributed by atoms with E-state index < -0.39 is 0 Å². The maximum Gasteiger partial charge on any atom is 0.0660 e. The third-order valence-electron chi connectivity index (χ3n) is 3.86. The molecule has 0 unspecified atom stereocenters. The molecular weight excluding hydrogens is 282 g/mol. The van der Waals surface area contributed by atoms with Crippen molar-refractivity contribution in [3.05, 3.63) is 53.3 Å². The molecule has 1 aromatic heterocycles. The molecule has 0 amide bonds. The molecule has 1 aliphatic rings. The lowest BCUT2D eigenvalue weighted by Crippen LogP contribution is -2.29. The van der Waals surface area contributed by atoms with Gasteiger partial charge in [-0.1, -0.05) is 17.7 Å². The van der Waals surface area contributed by atoms with Crippen LogP contribution in [0.5, 0.6) is 0 Å². The molecule has 1 aromatic carbocycles. The van der Waals surface area contributed by atoms with Crippen molar-refractivity contribution in [2.24, 2.45) is 0 Å². The Hall–Kier alpha value is -1.74. The van der Waals surface area contributed by atoms with Crippen LogP contribution >= 0.6 is 11.6 Å². The third-order valence-corrected chi connectivity index (χ3v) is 4.17. The van der Waals surface area contributed by atoms with Crippen molar-refractivity contribution in [3.63, 3.8) is 0 Å². The van der Waals surface area contributed by atoms with Gasteiger partial charge in [-0.25, -0.2) is 0 Å². The van der Waals surface area contributed by atoms with E-state index in [9.17, 15) is 0 Å². The van der Waals surface area contributed by atoms with Gasteiger partial charge in [-0.05, 0) is 49.1 Å². The Kier molecular flexibility index (Phi) is 4.61. The fourth-order valence-electron chi connectivity index (χ4n) is 2.71. The van der Waals surface area contributed by atoms with E-state index in [2.05, 4.69) is 33.4 Å². The van der Waals surface area contributed by atoms with Crippen LogP contribution in [0.15, 0.2) is 42.7 Å². The van der Waals surface area contributed by atoms with E-state index in [0.29, 0.717) is 0 Å². The number of benzene rings is 1. The second-order valence-corrected chi connectivity index (χ2v) is 5.84. The van der Waals surface area contributed by atoms with Crippen molar-refractivity contribution in [3.8, 4) is 0 Å². The predicted molar refractivity (Wildman–Crippen MR) is 89.1 cm³/mol. The second kappa shape index (κ2) is 6.81. The molecule has 1 saturated heterocycles. The molecule has 0 saturated carbocycles. The number of hydrogen-bond donors (Lipinski definition) is 1. The molecule has 2 heterocycles. The van der Waals surface area contributed by atoms with Crippen LogP contribution in [-0.2, 0) is 6.54 Å². The fourth-order valence-corrected chi connectivity index (χ4v) is 3.02. The summed E-state index contributed by atoms with van der Waals surface area (Å²) in [6, 6.07) is 10.3. The van der Waals surface area contributed by atoms with Gasteiger partial charge in [0.15, 0.2) is 0 Å². The summed E-state index contributed by atoms with van der Waals surface area (Å²) in [6.07, 6.45) is 7.51. The minimum atomic E-state index is 0.757. The molecule has 0 bridgehead atoms. The van der Waals surface area contributed by atoms with E-state index in [0.717, 1.165) is 41.6 Å². The number of hydrogen-bond acceptors (Lipinski definition) is 3. The molecule has 110 valence electrons. The lowest BCUT2D eigenvalue weighted by molar-refractivity contribution is 0.578. The molecule has 1 aliphatic heterocycles. The topological polar surface area (TPSA) is 28.2 Å². The smallest absolute Gasteiger partial charge is 0.0660 e. The van der Waals surface area contributed by atoms with Crippen molar-refractivity contribution in [1.29, 1.82) is 0 Å². The van der Waals surface area contributed by atoms with E-state index in [4.69, 9.17) is 11.6 Å². The molecule has 3 rings (SSSR count). The molecule has 0 radical (unpaired) electrons. The Morgan fingerprint density at radius 2 is 2.00 bits per heavy atom. The number of nitrogens with one attached hydrogen (secondary N) is 1. The van der Waals surface area contributed by atoms with Crippen LogP contribution < -0.4 is 10.2 Å². The van der Waals surface area contributed by atoms with Crippen molar-refractivity contribution >= 4 is 23.0 Å². The largest absolute Gasteiger partial charge is 0.381 e. The first-order valence-corrected chi connectivity index (χ1v) is 7.88. The van der Waals surface area contributed by atoms with E-state index in [1.54, 1.807) is 6.20 Å². The number of piperidine rings is 1. The van der Waals surface area contributed by atoms with Crippen LogP contribution in [0, 0.1) is 0 Å². The first-order chi connectivity index (χ1) is 10.3. The number of aromatic nitrogens is 1.